The molecule has 1 fully saturated rings. The van der Waals surface area contributed by atoms with E-state index in [4.69, 9.17) is 14.8 Å². The lowest BCUT2D eigenvalue weighted by molar-refractivity contribution is 0.0127. The predicted octanol–water partition coefficient (Wildman–Crippen LogP) is 3.45. The summed E-state index contributed by atoms with van der Waals surface area (Å²) in [5, 5.41) is 15.0. The van der Waals surface area contributed by atoms with Gasteiger partial charge in [-0.15, -0.1) is 0 Å². The topological polar surface area (TPSA) is 112 Å². The normalized spacial score (nSPS) is 14.0. The Hall–Kier alpha value is -3.70. The fourth-order valence-corrected chi connectivity index (χ4v) is 3.88. The summed E-state index contributed by atoms with van der Waals surface area (Å²) in [5.41, 5.74) is 2.36. The van der Waals surface area contributed by atoms with E-state index in [-0.39, 0.29) is 12.2 Å². The quantitative estimate of drug-likeness (QED) is 0.433. The Morgan fingerprint density at radius 3 is 2.64 bits per heavy atom. The highest BCUT2D eigenvalue weighted by Gasteiger charge is 2.27. The van der Waals surface area contributed by atoms with Gasteiger partial charge < -0.3 is 25.4 Å². The highest BCUT2D eigenvalue weighted by molar-refractivity contribution is 6.06. The number of nitrogens with one attached hydrogen (secondary N) is 2. The summed E-state index contributed by atoms with van der Waals surface area (Å²) in [6.45, 7) is 5.19. The number of halogens is 2. The molecule has 1 aliphatic heterocycles. The first kappa shape index (κ1) is 25.4. The number of aliphatic hydroxyl groups is 1. The molecule has 9 nitrogen and oxygen atoms in total. The Kier molecular flexibility index (Phi) is 7.70. The Labute approximate surface area is 207 Å². The van der Waals surface area contributed by atoms with Crippen LogP contribution in [0.3, 0.4) is 0 Å². The minimum atomic E-state index is -3.17. The lowest BCUT2D eigenvalue weighted by atomic mass is 10.0. The predicted molar refractivity (Wildman–Crippen MR) is 133 cm³/mol. The molecule has 3 aromatic rings. The van der Waals surface area contributed by atoms with Crippen molar-refractivity contribution in [2.75, 3.05) is 55.0 Å². The van der Waals surface area contributed by atoms with Crippen molar-refractivity contribution in [3.8, 4) is 11.1 Å². The number of alkyl halides is 2. The standard InChI is InChI=1S/C25H28F2N6O3/c1-16-19(17-3-6-29-22(14-17)30-7-10-34)15-20(23(31-16)33-8-11-36-12-9-33)32-24(35)18-4-5-28-21(13-18)25(2,26)27/h3-6,13-15,34H,7-12H2,1-2H3,(H,29,30)(H,32,35). The van der Waals surface area contributed by atoms with Gasteiger partial charge in [-0.05, 0) is 42.8 Å². The van der Waals surface area contributed by atoms with Gasteiger partial charge in [0.05, 0.1) is 25.5 Å². The highest BCUT2D eigenvalue weighted by atomic mass is 19.3. The van der Waals surface area contributed by atoms with E-state index in [1.807, 2.05) is 30.0 Å². The second-order valence-corrected chi connectivity index (χ2v) is 8.44. The lowest BCUT2D eigenvalue weighted by Crippen LogP contribution is -2.37. The molecule has 0 atom stereocenters. The number of hydrogen-bond donors (Lipinski definition) is 3. The van der Waals surface area contributed by atoms with Gasteiger partial charge in [0.25, 0.3) is 11.8 Å². The number of ether oxygens (including phenoxy) is 1. The van der Waals surface area contributed by atoms with Crippen LogP contribution >= 0.6 is 0 Å². The van der Waals surface area contributed by atoms with E-state index in [2.05, 4.69) is 20.6 Å². The van der Waals surface area contributed by atoms with Crippen molar-refractivity contribution in [2.24, 2.45) is 0 Å². The summed E-state index contributed by atoms with van der Waals surface area (Å²) in [6.07, 6.45) is 2.84. The van der Waals surface area contributed by atoms with Crippen molar-refractivity contribution in [1.82, 2.24) is 15.0 Å². The Balaban J connectivity index is 1.72. The summed E-state index contributed by atoms with van der Waals surface area (Å²) in [7, 11) is 0. The van der Waals surface area contributed by atoms with Crippen LogP contribution in [0.4, 0.5) is 26.1 Å². The van der Waals surface area contributed by atoms with E-state index in [1.165, 1.54) is 12.3 Å². The van der Waals surface area contributed by atoms with Crippen LogP contribution < -0.4 is 15.5 Å². The third kappa shape index (κ3) is 5.92. The molecule has 3 N–H and O–H groups in total. The van der Waals surface area contributed by atoms with E-state index in [0.29, 0.717) is 50.2 Å². The number of pyridine rings is 3. The molecule has 0 radical (unpaired) electrons. The maximum absolute atomic E-state index is 13.8. The number of carbonyl (C=O) groups excluding carboxylic acids is 1. The molecule has 1 saturated heterocycles. The van der Waals surface area contributed by atoms with Crippen LogP contribution in [-0.2, 0) is 10.7 Å². The third-order valence-corrected chi connectivity index (χ3v) is 5.71. The average molecular weight is 499 g/mol. The van der Waals surface area contributed by atoms with E-state index >= 15 is 0 Å². The van der Waals surface area contributed by atoms with Crippen molar-refractivity contribution in [2.45, 2.75) is 19.8 Å². The summed E-state index contributed by atoms with van der Waals surface area (Å²) >= 11 is 0. The van der Waals surface area contributed by atoms with Gasteiger partial charge in [0.15, 0.2) is 5.82 Å². The number of nitrogens with zero attached hydrogens (tertiary/aromatic N) is 4. The number of amides is 1. The number of aliphatic hydroxyl groups excluding tert-OH is 1. The molecule has 190 valence electrons. The first-order valence-electron chi connectivity index (χ1n) is 11.6. The molecule has 4 rings (SSSR count). The first-order valence-corrected chi connectivity index (χ1v) is 11.6. The van der Waals surface area contributed by atoms with Crippen LogP contribution in [0.25, 0.3) is 11.1 Å². The molecule has 0 bridgehead atoms. The Morgan fingerprint density at radius 1 is 1.17 bits per heavy atom. The molecular weight excluding hydrogens is 470 g/mol. The van der Waals surface area contributed by atoms with Gasteiger partial charge in [0, 0.05) is 55.8 Å². The maximum Gasteiger partial charge on any atom is 0.286 e. The minimum Gasteiger partial charge on any atom is -0.395 e. The van der Waals surface area contributed by atoms with Gasteiger partial charge >= 0.3 is 0 Å². The zero-order valence-electron chi connectivity index (χ0n) is 20.1. The fraction of sp³-hybridized carbons (Fsp3) is 0.360. The second kappa shape index (κ2) is 10.9. The van der Waals surface area contributed by atoms with Gasteiger partial charge in [-0.3, -0.25) is 9.78 Å². The average Bonchev–Trinajstić information content (AvgIpc) is 2.88. The number of anilines is 3. The van der Waals surface area contributed by atoms with Crippen LogP contribution in [0.15, 0.2) is 42.7 Å². The summed E-state index contributed by atoms with van der Waals surface area (Å²) in [5.74, 6) is -2.55. The van der Waals surface area contributed by atoms with Crippen LogP contribution in [0.1, 0.15) is 28.7 Å². The smallest absolute Gasteiger partial charge is 0.286 e. The molecule has 0 spiro atoms. The Bertz CT molecular complexity index is 1230. The first-order chi connectivity index (χ1) is 17.3. The number of aromatic nitrogens is 3. The second-order valence-electron chi connectivity index (χ2n) is 8.44. The van der Waals surface area contributed by atoms with Crippen LogP contribution in [-0.4, -0.2) is 65.4 Å². The molecule has 4 heterocycles. The van der Waals surface area contributed by atoms with Crippen molar-refractivity contribution in [3.63, 3.8) is 0 Å². The molecule has 36 heavy (non-hydrogen) atoms. The fourth-order valence-electron chi connectivity index (χ4n) is 3.88. The number of carbonyl (C=O) groups is 1. The van der Waals surface area contributed by atoms with Gasteiger partial charge in [-0.1, -0.05) is 0 Å². The maximum atomic E-state index is 13.8. The lowest BCUT2D eigenvalue weighted by Gasteiger charge is -2.30. The van der Waals surface area contributed by atoms with E-state index in [0.717, 1.165) is 29.8 Å². The molecule has 0 unspecified atom stereocenters. The van der Waals surface area contributed by atoms with Crippen molar-refractivity contribution in [3.05, 3.63) is 59.7 Å². The van der Waals surface area contributed by atoms with Gasteiger partial charge in [0.1, 0.15) is 11.5 Å². The summed E-state index contributed by atoms with van der Waals surface area (Å²) in [4.78, 5) is 27.9. The zero-order valence-corrected chi connectivity index (χ0v) is 20.1. The van der Waals surface area contributed by atoms with E-state index in [1.54, 1.807) is 6.20 Å². The molecule has 0 aromatic carbocycles. The largest absolute Gasteiger partial charge is 0.395 e. The molecule has 11 heteroatoms. The van der Waals surface area contributed by atoms with Gasteiger partial charge in [-0.2, -0.15) is 8.78 Å². The zero-order chi connectivity index (χ0) is 25.7. The summed E-state index contributed by atoms with van der Waals surface area (Å²) < 4.78 is 33.0. The molecule has 0 saturated carbocycles. The van der Waals surface area contributed by atoms with Crippen LogP contribution in [0.5, 0.6) is 0 Å². The molecule has 1 aliphatic rings. The highest BCUT2D eigenvalue weighted by Crippen LogP contribution is 2.34. The monoisotopic (exact) mass is 498 g/mol. The molecule has 3 aromatic heterocycles. The summed E-state index contributed by atoms with van der Waals surface area (Å²) in [6, 6.07) is 7.97. The van der Waals surface area contributed by atoms with E-state index in [9.17, 15) is 13.6 Å². The Morgan fingerprint density at radius 2 is 1.92 bits per heavy atom. The number of morpholine rings is 1. The molecule has 1 amide bonds. The SMILES string of the molecule is Cc1nc(N2CCOCC2)c(NC(=O)c2ccnc(C(C)(F)F)c2)cc1-c1ccnc(NCCO)c1. The van der Waals surface area contributed by atoms with Crippen molar-refractivity contribution < 1.29 is 23.4 Å². The van der Waals surface area contributed by atoms with Gasteiger partial charge in [-0.25, -0.2) is 9.97 Å². The van der Waals surface area contributed by atoms with Crippen LogP contribution in [0, 0.1) is 6.92 Å². The van der Waals surface area contributed by atoms with Crippen molar-refractivity contribution >= 4 is 23.2 Å². The third-order valence-electron chi connectivity index (χ3n) is 5.71. The minimum absolute atomic E-state index is 0.0302. The molecule has 0 aliphatic carbocycles. The number of aryl methyl sites for hydroxylation is 1. The van der Waals surface area contributed by atoms with E-state index < -0.39 is 17.5 Å². The van der Waals surface area contributed by atoms with Gasteiger partial charge in [0.2, 0.25) is 0 Å². The van der Waals surface area contributed by atoms with Crippen molar-refractivity contribution in [1.29, 1.82) is 0 Å². The molecular formula is C25H28F2N6O3. The number of hydrogen-bond acceptors (Lipinski definition) is 8. The number of rotatable bonds is 8. The van der Waals surface area contributed by atoms with Crippen LogP contribution in [0.2, 0.25) is 0 Å².